The minimum Gasteiger partial charge on any atom is -0.478 e. The SMILES string of the molecule is CN(Cc1ccncc1)c1ncc(C(=O)O)cc1Cl. The number of halogens is 1. The number of carbonyl (C=O) groups is 1. The van der Waals surface area contributed by atoms with Crippen molar-refractivity contribution in [3.63, 3.8) is 0 Å². The molecule has 0 aliphatic rings. The van der Waals surface area contributed by atoms with Crippen molar-refractivity contribution in [2.75, 3.05) is 11.9 Å². The summed E-state index contributed by atoms with van der Waals surface area (Å²) in [5.41, 5.74) is 1.14. The molecule has 0 aliphatic carbocycles. The first-order chi connectivity index (χ1) is 9.08. The number of nitrogens with zero attached hydrogens (tertiary/aromatic N) is 3. The Kier molecular flexibility index (Phi) is 3.97. The average Bonchev–Trinajstić information content (AvgIpc) is 2.39. The Morgan fingerprint density at radius 2 is 2.11 bits per heavy atom. The van der Waals surface area contributed by atoms with Crippen LogP contribution in [-0.4, -0.2) is 28.1 Å². The minimum absolute atomic E-state index is 0.0751. The minimum atomic E-state index is -1.04. The fraction of sp³-hybridized carbons (Fsp3) is 0.154. The topological polar surface area (TPSA) is 66.3 Å². The predicted molar refractivity (Wildman–Crippen MR) is 72.6 cm³/mol. The normalized spacial score (nSPS) is 10.2. The van der Waals surface area contributed by atoms with E-state index in [4.69, 9.17) is 16.7 Å². The number of pyridine rings is 2. The standard InChI is InChI=1S/C13H12ClN3O2/c1-17(8-9-2-4-15-5-3-9)12-11(14)6-10(7-16-12)13(18)19/h2-7H,8H2,1H3,(H,18,19). The molecular formula is C13H12ClN3O2. The van der Waals surface area contributed by atoms with E-state index in [1.807, 2.05) is 24.1 Å². The lowest BCUT2D eigenvalue weighted by atomic mass is 10.2. The van der Waals surface area contributed by atoms with Gasteiger partial charge >= 0.3 is 5.97 Å². The monoisotopic (exact) mass is 277 g/mol. The van der Waals surface area contributed by atoms with Crippen LogP contribution in [0, 0.1) is 0 Å². The lowest BCUT2D eigenvalue weighted by Crippen LogP contribution is -2.18. The highest BCUT2D eigenvalue weighted by atomic mass is 35.5. The van der Waals surface area contributed by atoms with Gasteiger partial charge in [0.25, 0.3) is 0 Å². The van der Waals surface area contributed by atoms with Crippen molar-refractivity contribution in [3.05, 3.63) is 52.9 Å². The Morgan fingerprint density at radius 1 is 1.42 bits per heavy atom. The van der Waals surface area contributed by atoms with E-state index < -0.39 is 5.97 Å². The first-order valence-electron chi connectivity index (χ1n) is 5.57. The van der Waals surface area contributed by atoms with Crippen molar-refractivity contribution in [2.45, 2.75) is 6.54 Å². The number of aromatic carboxylic acids is 1. The third-order valence-electron chi connectivity index (χ3n) is 2.60. The number of hydrogen-bond acceptors (Lipinski definition) is 4. The molecule has 0 bridgehead atoms. The molecule has 2 aromatic heterocycles. The third-order valence-corrected chi connectivity index (χ3v) is 2.88. The Hall–Kier alpha value is -2.14. The van der Waals surface area contributed by atoms with Gasteiger partial charge in [0.1, 0.15) is 5.82 Å². The van der Waals surface area contributed by atoms with E-state index in [0.717, 1.165) is 5.56 Å². The van der Waals surface area contributed by atoms with Crippen molar-refractivity contribution in [2.24, 2.45) is 0 Å². The van der Waals surface area contributed by atoms with E-state index in [9.17, 15) is 4.79 Å². The predicted octanol–water partition coefficient (Wildman–Crippen LogP) is 2.46. The molecule has 2 heterocycles. The second-order valence-electron chi connectivity index (χ2n) is 4.05. The van der Waals surface area contributed by atoms with Gasteiger partial charge < -0.3 is 10.0 Å². The summed E-state index contributed by atoms with van der Waals surface area (Å²) in [6.07, 6.45) is 4.73. The Balaban J connectivity index is 2.20. The summed E-state index contributed by atoms with van der Waals surface area (Å²) in [6.45, 7) is 0.613. The van der Waals surface area contributed by atoms with Gasteiger partial charge in [-0.3, -0.25) is 4.98 Å². The van der Waals surface area contributed by atoms with Gasteiger partial charge in [0.05, 0.1) is 10.6 Å². The van der Waals surface area contributed by atoms with Crippen molar-refractivity contribution in [1.29, 1.82) is 0 Å². The lowest BCUT2D eigenvalue weighted by molar-refractivity contribution is 0.0696. The fourth-order valence-electron chi connectivity index (χ4n) is 1.67. The summed E-state index contributed by atoms with van der Waals surface area (Å²) in [5, 5.41) is 9.17. The zero-order valence-corrected chi connectivity index (χ0v) is 11.0. The van der Waals surface area contributed by atoms with Gasteiger partial charge in [0.2, 0.25) is 0 Å². The van der Waals surface area contributed by atoms with E-state index in [2.05, 4.69) is 9.97 Å². The highest BCUT2D eigenvalue weighted by molar-refractivity contribution is 6.33. The zero-order valence-electron chi connectivity index (χ0n) is 10.2. The van der Waals surface area contributed by atoms with Crippen molar-refractivity contribution < 1.29 is 9.90 Å². The molecule has 0 amide bonds. The Labute approximate surface area is 115 Å². The lowest BCUT2D eigenvalue weighted by Gasteiger charge is -2.19. The van der Waals surface area contributed by atoms with Crippen LogP contribution in [-0.2, 0) is 6.54 Å². The molecule has 5 nitrogen and oxygen atoms in total. The molecule has 98 valence electrons. The van der Waals surface area contributed by atoms with Gasteiger partial charge in [0.15, 0.2) is 0 Å². The average molecular weight is 278 g/mol. The van der Waals surface area contributed by atoms with Crippen LogP contribution in [0.25, 0.3) is 0 Å². The molecule has 0 aromatic carbocycles. The van der Waals surface area contributed by atoms with Crippen LogP contribution in [0.4, 0.5) is 5.82 Å². The largest absolute Gasteiger partial charge is 0.478 e. The Bertz CT molecular complexity index is 590. The first-order valence-corrected chi connectivity index (χ1v) is 5.94. The van der Waals surface area contributed by atoms with Crippen molar-refractivity contribution in [3.8, 4) is 0 Å². The summed E-state index contributed by atoms with van der Waals surface area (Å²) in [6, 6.07) is 5.20. The summed E-state index contributed by atoms with van der Waals surface area (Å²) in [4.78, 5) is 20.7. The second-order valence-corrected chi connectivity index (χ2v) is 4.45. The fourth-order valence-corrected chi connectivity index (χ4v) is 1.98. The molecule has 0 saturated heterocycles. The van der Waals surface area contributed by atoms with Crippen LogP contribution in [0.2, 0.25) is 5.02 Å². The van der Waals surface area contributed by atoms with Crippen LogP contribution >= 0.6 is 11.6 Å². The van der Waals surface area contributed by atoms with Crippen molar-refractivity contribution in [1.82, 2.24) is 9.97 Å². The molecule has 2 aromatic rings. The van der Waals surface area contributed by atoms with Crippen LogP contribution in [0.1, 0.15) is 15.9 Å². The molecule has 0 unspecified atom stereocenters. The van der Waals surface area contributed by atoms with E-state index in [1.165, 1.54) is 12.3 Å². The summed E-state index contributed by atoms with van der Waals surface area (Å²) in [7, 11) is 1.84. The maximum atomic E-state index is 10.8. The number of hydrogen-bond donors (Lipinski definition) is 1. The quantitative estimate of drug-likeness (QED) is 0.930. The van der Waals surface area contributed by atoms with Crippen LogP contribution in [0.3, 0.4) is 0 Å². The van der Waals surface area contributed by atoms with E-state index in [-0.39, 0.29) is 5.56 Å². The second kappa shape index (κ2) is 5.67. The van der Waals surface area contributed by atoms with Gasteiger partial charge in [-0.05, 0) is 23.8 Å². The molecule has 0 fully saturated rings. The maximum Gasteiger partial charge on any atom is 0.337 e. The van der Waals surface area contributed by atoms with Crippen LogP contribution in [0.5, 0.6) is 0 Å². The van der Waals surface area contributed by atoms with Crippen molar-refractivity contribution >= 4 is 23.4 Å². The van der Waals surface area contributed by atoms with Gasteiger partial charge in [-0.1, -0.05) is 11.6 Å². The molecule has 0 atom stereocenters. The summed E-state index contributed by atoms with van der Waals surface area (Å²) in [5.74, 6) is -0.499. The number of anilines is 1. The summed E-state index contributed by atoms with van der Waals surface area (Å²) < 4.78 is 0. The van der Waals surface area contributed by atoms with Gasteiger partial charge in [-0.25, -0.2) is 9.78 Å². The molecule has 0 saturated carbocycles. The number of carboxylic acid groups (broad SMARTS) is 1. The summed E-state index contributed by atoms with van der Waals surface area (Å²) >= 11 is 6.05. The maximum absolute atomic E-state index is 10.8. The molecule has 0 radical (unpaired) electrons. The number of rotatable bonds is 4. The molecule has 19 heavy (non-hydrogen) atoms. The molecule has 1 N–H and O–H groups in total. The van der Waals surface area contributed by atoms with E-state index in [1.54, 1.807) is 12.4 Å². The highest BCUT2D eigenvalue weighted by Gasteiger charge is 2.12. The van der Waals surface area contributed by atoms with Crippen LogP contribution < -0.4 is 4.90 Å². The third kappa shape index (κ3) is 3.20. The molecule has 0 aliphatic heterocycles. The van der Waals surface area contributed by atoms with E-state index >= 15 is 0 Å². The molecule has 0 spiro atoms. The van der Waals surface area contributed by atoms with Gasteiger partial charge in [0, 0.05) is 32.2 Å². The molecule has 6 heteroatoms. The van der Waals surface area contributed by atoms with Crippen LogP contribution in [0.15, 0.2) is 36.8 Å². The number of carboxylic acids is 1. The smallest absolute Gasteiger partial charge is 0.337 e. The Morgan fingerprint density at radius 3 is 2.68 bits per heavy atom. The highest BCUT2D eigenvalue weighted by Crippen LogP contribution is 2.24. The molecular weight excluding hydrogens is 266 g/mol. The van der Waals surface area contributed by atoms with Gasteiger partial charge in [-0.15, -0.1) is 0 Å². The molecule has 2 rings (SSSR count). The first kappa shape index (κ1) is 13.3. The number of aromatic nitrogens is 2. The van der Waals surface area contributed by atoms with E-state index in [0.29, 0.717) is 17.4 Å². The van der Waals surface area contributed by atoms with Gasteiger partial charge in [-0.2, -0.15) is 0 Å². The zero-order chi connectivity index (χ0) is 13.8.